The summed E-state index contributed by atoms with van der Waals surface area (Å²) < 4.78 is 10.1. The van der Waals surface area contributed by atoms with E-state index in [4.69, 9.17) is 9.47 Å². The highest BCUT2D eigenvalue weighted by molar-refractivity contribution is 5.82. The van der Waals surface area contributed by atoms with Crippen LogP contribution in [0.25, 0.3) is 0 Å². The van der Waals surface area contributed by atoms with Crippen LogP contribution in [0.2, 0.25) is 0 Å². The zero-order valence-corrected chi connectivity index (χ0v) is 16.3. The molecule has 1 amide bonds. The van der Waals surface area contributed by atoms with Gasteiger partial charge in [0.25, 0.3) is 0 Å². The van der Waals surface area contributed by atoms with E-state index in [2.05, 4.69) is 6.92 Å². The summed E-state index contributed by atoms with van der Waals surface area (Å²) in [4.78, 5) is 25.2. The molecule has 146 valence electrons. The molecule has 1 fully saturated rings. The Labute approximate surface area is 153 Å². The van der Waals surface area contributed by atoms with Crippen LogP contribution >= 0.6 is 0 Å². The normalized spacial score (nSPS) is 16.9. The highest BCUT2D eigenvalue weighted by Gasteiger charge is 2.35. The predicted octanol–water partition coefficient (Wildman–Crippen LogP) is 5.07. The smallest absolute Gasteiger partial charge is 0.410 e. The fourth-order valence-corrected chi connectivity index (χ4v) is 3.38. The van der Waals surface area contributed by atoms with Gasteiger partial charge in [-0.1, -0.05) is 71.1 Å². The largest absolute Gasteiger partial charge is 0.464 e. The Morgan fingerprint density at radius 2 is 1.48 bits per heavy atom. The van der Waals surface area contributed by atoms with Crippen LogP contribution in [0.1, 0.15) is 90.4 Å². The second-order valence-corrected chi connectivity index (χ2v) is 7.02. The van der Waals surface area contributed by atoms with E-state index < -0.39 is 12.1 Å². The molecule has 1 aliphatic heterocycles. The van der Waals surface area contributed by atoms with Crippen molar-refractivity contribution in [1.82, 2.24) is 4.90 Å². The van der Waals surface area contributed by atoms with Crippen molar-refractivity contribution < 1.29 is 19.1 Å². The average Bonchev–Trinajstić information content (AvgIpc) is 3.11. The van der Waals surface area contributed by atoms with Crippen molar-refractivity contribution in [3.05, 3.63) is 0 Å². The van der Waals surface area contributed by atoms with Crippen molar-refractivity contribution in [3.8, 4) is 0 Å². The molecule has 0 aliphatic carbocycles. The molecule has 25 heavy (non-hydrogen) atoms. The van der Waals surface area contributed by atoms with E-state index in [1.165, 1.54) is 69.8 Å². The van der Waals surface area contributed by atoms with Gasteiger partial charge in [-0.25, -0.2) is 9.59 Å². The number of esters is 1. The molecule has 5 heteroatoms. The minimum Gasteiger partial charge on any atom is -0.464 e. The number of carbonyl (C=O) groups is 2. The Bertz CT molecular complexity index is 373. The minimum absolute atomic E-state index is 0.282. The van der Waals surface area contributed by atoms with Crippen LogP contribution in [0.5, 0.6) is 0 Å². The Hall–Kier alpha value is -1.26. The molecule has 0 N–H and O–H groups in total. The first-order valence-corrected chi connectivity index (χ1v) is 10.2. The summed E-state index contributed by atoms with van der Waals surface area (Å²) in [7, 11) is 1.34. The maximum absolute atomic E-state index is 12.1. The first-order valence-electron chi connectivity index (χ1n) is 10.2. The zero-order chi connectivity index (χ0) is 18.3. The summed E-state index contributed by atoms with van der Waals surface area (Å²) in [6.45, 7) is 3.28. The van der Waals surface area contributed by atoms with E-state index in [9.17, 15) is 9.59 Å². The summed E-state index contributed by atoms with van der Waals surface area (Å²) in [6.07, 6.45) is 15.1. The third-order valence-electron chi connectivity index (χ3n) is 4.93. The molecule has 1 atom stereocenters. The van der Waals surface area contributed by atoms with E-state index in [0.717, 1.165) is 19.3 Å². The van der Waals surface area contributed by atoms with E-state index in [0.29, 0.717) is 19.6 Å². The monoisotopic (exact) mass is 355 g/mol. The highest BCUT2D eigenvalue weighted by Crippen LogP contribution is 2.19. The van der Waals surface area contributed by atoms with Crippen LogP contribution in [-0.4, -0.2) is 43.3 Å². The standard InChI is InChI=1S/C20H37NO4/c1-3-4-5-6-7-8-9-10-11-12-13-17-25-19(22)18-15-14-16-21(18)20(23)24-2/h18H,3-17H2,1-2H3/t18-/m0/s1. The number of carbonyl (C=O) groups excluding carboxylic acids is 2. The summed E-state index contributed by atoms with van der Waals surface area (Å²) in [5, 5.41) is 0. The number of nitrogens with zero attached hydrogens (tertiary/aromatic N) is 1. The van der Waals surface area contributed by atoms with Gasteiger partial charge in [0.15, 0.2) is 0 Å². The number of methoxy groups -OCH3 is 1. The lowest BCUT2D eigenvalue weighted by atomic mass is 10.1. The fraction of sp³-hybridized carbons (Fsp3) is 0.900. The van der Waals surface area contributed by atoms with Crippen molar-refractivity contribution in [2.45, 2.75) is 96.4 Å². The van der Waals surface area contributed by atoms with Crippen molar-refractivity contribution >= 4 is 12.1 Å². The van der Waals surface area contributed by atoms with Crippen molar-refractivity contribution in [2.75, 3.05) is 20.3 Å². The van der Waals surface area contributed by atoms with Crippen molar-refractivity contribution in [2.24, 2.45) is 0 Å². The topological polar surface area (TPSA) is 55.8 Å². The molecule has 0 aromatic heterocycles. The summed E-state index contributed by atoms with van der Waals surface area (Å²) in [6, 6.07) is -0.458. The summed E-state index contributed by atoms with van der Waals surface area (Å²) in [5.74, 6) is -0.282. The lowest BCUT2D eigenvalue weighted by molar-refractivity contribution is -0.148. The number of unbranched alkanes of at least 4 members (excludes halogenated alkanes) is 10. The molecule has 0 aromatic carbocycles. The van der Waals surface area contributed by atoms with E-state index in [-0.39, 0.29) is 5.97 Å². The van der Waals surface area contributed by atoms with Gasteiger partial charge < -0.3 is 9.47 Å². The van der Waals surface area contributed by atoms with E-state index >= 15 is 0 Å². The molecule has 1 aliphatic rings. The third-order valence-corrected chi connectivity index (χ3v) is 4.93. The van der Waals surface area contributed by atoms with Gasteiger partial charge in [0, 0.05) is 6.54 Å². The lowest BCUT2D eigenvalue weighted by Crippen LogP contribution is -2.41. The molecular weight excluding hydrogens is 318 g/mol. The Morgan fingerprint density at radius 1 is 0.920 bits per heavy atom. The molecule has 0 radical (unpaired) electrons. The molecule has 1 heterocycles. The Kier molecular flexibility index (Phi) is 12.2. The van der Waals surface area contributed by atoms with Crippen molar-refractivity contribution in [1.29, 1.82) is 0 Å². The molecule has 1 rings (SSSR count). The van der Waals surface area contributed by atoms with Crippen LogP contribution in [-0.2, 0) is 14.3 Å². The molecule has 0 bridgehead atoms. The first-order chi connectivity index (χ1) is 12.2. The second-order valence-electron chi connectivity index (χ2n) is 7.02. The van der Waals surface area contributed by atoms with Crippen LogP contribution in [0.4, 0.5) is 4.79 Å². The third kappa shape index (κ3) is 9.13. The Balaban J connectivity index is 1.95. The fourth-order valence-electron chi connectivity index (χ4n) is 3.38. The van der Waals surface area contributed by atoms with Crippen LogP contribution in [0.15, 0.2) is 0 Å². The molecule has 0 saturated carbocycles. The van der Waals surface area contributed by atoms with Crippen LogP contribution in [0.3, 0.4) is 0 Å². The number of amides is 1. The number of rotatable bonds is 13. The summed E-state index contributed by atoms with van der Waals surface area (Å²) >= 11 is 0. The maximum Gasteiger partial charge on any atom is 0.410 e. The Morgan fingerprint density at radius 3 is 2.04 bits per heavy atom. The molecule has 0 unspecified atom stereocenters. The van der Waals surface area contributed by atoms with E-state index in [1.54, 1.807) is 0 Å². The van der Waals surface area contributed by atoms with Gasteiger partial charge >= 0.3 is 12.1 Å². The number of hydrogen-bond donors (Lipinski definition) is 0. The van der Waals surface area contributed by atoms with E-state index in [1.807, 2.05) is 0 Å². The predicted molar refractivity (Wildman–Crippen MR) is 99.6 cm³/mol. The van der Waals surface area contributed by atoms with Crippen LogP contribution in [0, 0.1) is 0 Å². The van der Waals surface area contributed by atoms with Gasteiger partial charge in [0.1, 0.15) is 6.04 Å². The molecule has 0 aromatic rings. The quantitative estimate of drug-likeness (QED) is 0.342. The van der Waals surface area contributed by atoms with Gasteiger partial charge in [-0.2, -0.15) is 0 Å². The minimum atomic E-state index is -0.458. The number of ether oxygens (including phenoxy) is 2. The number of hydrogen-bond acceptors (Lipinski definition) is 4. The average molecular weight is 356 g/mol. The number of likely N-dealkylation sites (tertiary alicyclic amines) is 1. The molecule has 1 saturated heterocycles. The van der Waals surface area contributed by atoms with Gasteiger partial charge in [0.2, 0.25) is 0 Å². The van der Waals surface area contributed by atoms with Gasteiger partial charge in [0.05, 0.1) is 13.7 Å². The summed E-state index contributed by atoms with van der Waals surface area (Å²) in [5.41, 5.74) is 0. The SMILES string of the molecule is CCCCCCCCCCCCCOC(=O)[C@@H]1CCCN1C(=O)OC. The maximum atomic E-state index is 12.1. The molecule has 0 spiro atoms. The van der Waals surface area contributed by atoms with Crippen LogP contribution < -0.4 is 0 Å². The van der Waals surface area contributed by atoms with Gasteiger partial charge in [-0.3, -0.25) is 4.90 Å². The molecular formula is C20H37NO4. The highest BCUT2D eigenvalue weighted by atomic mass is 16.6. The van der Waals surface area contributed by atoms with Gasteiger partial charge in [-0.05, 0) is 19.3 Å². The molecule has 5 nitrogen and oxygen atoms in total. The van der Waals surface area contributed by atoms with Gasteiger partial charge in [-0.15, -0.1) is 0 Å². The second kappa shape index (κ2) is 14.0. The van der Waals surface area contributed by atoms with Crippen molar-refractivity contribution in [3.63, 3.8) is 0 Å². The lowest BCUT2D eigenvalue weighted by Gasteiger charge is -2.21. The first kappa shape index (κ1) is 21.8. The zero-order valence-electron chi connectivity index (χ0n) is 16.3.